The molecular weight excluding hydrogens is 220 g/mol. The van der Waals surface area contributed by atoms with Crippen molar-refractivity contribution < 1.29 is 0 Å². The molecule has 0 bridgehead atoms. The van der Waals surface area contributed by atoms with Crippen molar-refractivity contribution in [2.45, 2.75) is 58.5 Å². The average molecular weight is 246 g/mol. The van der Waals surface area contributed by atoms with E-state index in [9.17, 15) is 0 Å². The third-order valence-electron chi connectivity index (χ3n) is 4.23. The van der Waals surface area contributed by atoms with E-state index in [0.29, 0.717) is 0 Å². The minimum atomic E-state index is 0.782. The Morgan fingerprint density at radius 1 is 1.33 bits per heavy atom. The molecule has 1 saturated heterocycles. The van der Waals surface area contributed by atoms with Gasteiger partial charge < -0.3 is 5.73 Å². The van der Waals surface area contributed by atoms with E-state index in [0.717, 1.165) is 18.3 Å². The van der Waals surface area contributed by atoms with Gasteiger partial charge in [0.25, 0.3) is 0 Å². The van der Waals surface area contributed by atoms with Crippen molar-refractivity contribution in [1.82, 2.24) is 4.90 Å². The number of nitrogens with two attached hydrogens (primary N) is 1. The summed E-state index contributed by atoms with van der Waals surface area (Å²) in [5.41, 5.74) is 9.59. The molecule has 0 aromatic heterocycles. The second kappa shape index (κ2) is 6.24. The van der Waals surface area contributed by atoms with Crippen LogP contribution in [0.1, 0.15) is 50.2 Å². The number of anilines is 1. The van der Waals surface area contributed by atoms with Crippen molar-refractivity contribution >= 4 is 5.69 Å². The molecule has 0 aliphatic carbocycles. The Kier molecular flexibility index (Phi) is 4.65. The standard InChI is InChI=1S/C16H26N2/c1-3-7-15-9-4-5-11-18(15)12-14-8-6-10-16(17)13(14)2/h6,8,10,15H,3-5,7,9,11-12,17H2,1-2H3. The molecular formula is C16H26N2. The zero-order chi connectivity index (χ0) is 13.0. The van der Waals surface area contributed by atoms with E-state index in [1.165, 1.54) is 49.8 Å². The Labute approximate surface area is 111 Å². The summed E-state index contributed by atoms with van der Waals surface area (Å²) in [5.74, 6) is 0. The Morgan fingerprint density at radius 3 is 2.94 bits per heavy atom. The maximum absolute atomic E-state index is 6.00. The van der Waals surface area contributed by atoms with E-state index in [1.807, 2.05) is 6.07 Å². The van der Waals surface area contributed by atoms with E-state index >= 15 is 0 Å². The van der Waals surface area contributed by atoms with E-state index < -0.39 is 0 Å². The van der Waals surface area contributed by atoms with Gasteiger partial charge in [-0.2, -0.15) is 0 Å². The van der Waals surface area contributed by atoms with Crippen LogP contribution in [-0.4, -0.2) is 17.5 Å². The van der Waals surface area contributed by atoms with Gasteiger partial charge in [-0.25, -0.2) is 0 Å². The molecule has 0 spiro atoms. The average Bonchev–Trinajstić information content (AvgIpc) is 2.37. The number of piperidine rings is 1. The summed E-state index contributed by atoms with van der Waals surface area (Å²) >= 11 is 0. The molecule has 1 atom stereocenters. The lowest BCUT2D eigenvalue weighted by atomic mass is 9.96. The normalized spacial score (nSPS) is 21.1. The summed E-state index contributed by atoms with van der Waals surface area (Å²) in [6.45, 7) is 6.75. The van der Waals surface area contributed by atoms with Crippen molar-refractivity contribution in [1.29, 1.82) is 0 Å². The SMILES string of the molecule is CCCC1CCCCN1Cc1cccc(N)c1C. The van der Waals surface area contributed by atoms with Crippen LogP contribution in [0.3, 0.4) is 0 Å². The molecule has 0 saturated carbocycles. The fourth-order valence-corrected chi connectivity index (χ4v) is 3.02. The van der Waals surface area contributed by atoms with Crippen LogP contribution in [0.25, 0.3) is 0 Å². The third-order valence-corrected chi connectivity index (χ3v) is 4.23. The molecule has 1 unspecified atom stereocenters. The minimum absolute atomic E-state index is 0.782. The molecule has 1 aromatic carbocycles. The minimum Gasteiger partial charge on any atom is -0.399 e. The summed E-state index contributed by atoms with van der Waals surface area (Å²) < 4.78 is 0. The second-order valence-corrected chi connectivity index (χ2v) is 5.54. The van der Waals surface area contributed by atoms with Crippen LogP contribution >= 0.6 is 0 Å². The predicted molar refractivity (Wildman–Crippen MR) is 78.5 cm³/mol. The second-order valence-electron chi connectivity index (χ2n) is 5.54. The quantitative estimate of drug-likeness (QED) is 0.820. The molecule has 1 fully saturated rings. The highest BCUT2D eigenvalue weighted by molar-refractivity contribution is 5.49. The van der Waals surface area contributed by atoms with Crippen LogP contribution in [0, 0.1) is 6.92 Å². The molecule has 2 heteroatoms. The monoisotopic (exact) mass is 246 g/mol. The zero-order valence-corrected chi connectivity index (χ0v) is 11.8. The van der Waals surface area contributed by atoms with E-state index in [4.69, 9.17) is 5.73 Å². The van der Waals surface area contributed by atoms with Gasteiger partial charge in [0.15, 0.2) is 0 Å². The first-order chi connectivity index (χ1) is 8.72. The highest BCUT2D eigenvalue weighted by Gasteiger charge is 2.21. The van der Waals surface area contributed by atoms with Crippen molar-refractivity contribution in [2.75, 3.05) is 12.3 Å². The fourth-order valence-electron chi connectivity index (χ4n) is 3.02. The van der Waals surface area contributed by atoms with Crippen molar-refractivity contribution in [3.05, 3.63) is 29.3 Å². The van der Waals surface area contributed by atoms with Gasteiger partial charge in [0.1, 0.15) is 0 Å². The lowest BCUT2D eigenvalue weighted by molar-refractivity contribution is 0.131. The molecule has 18 heavy (non-hydrogen) atoms. The molecule has 0 radical (unpaired) electrons. The van der Waals surface area contributed by atoms with Crippen LogP contribution in [0.2, 0.25) is 0 Å². The summed E-state index contributed by atoms with van der Waals surface area (Å²) in [7, 11) is 0. The maximum atomic E-state index is 6.00. The smallest absolute Gasteiger partial charge is 0.0346 e. The summed E-state index contributed by atoms with van der Waals surface area (Å²) in [6, 6.07) is 7.09. The van der Waals surface area contributed by atoms with E-state index in [1.54, 1.807) is 0 Å². The Morgan fingerprint density at radius 2 is 2.17 bits per heavy atom. The Balaban J connectivity index is 2.08. The third kappa shape index (κ3) is 3.05. The van der Waals surface area contributed by atoms with Crippen LogP contribution in [0.4, 0.5) is 5.69 Å². The lowest BCUT2D eigenvalue weighted by Gasteiger charge is -2.36. The number of benzene rings is 1. The highest BCUT2D eigenvalue weighted by atomic mass is 15.2. The summed E-state index contributed by atoms with van der Waals surface area (Å²) in [5, 5.41) is 0. The zero-order valence-electron chi connectivity index (χ0n) is 11.8. The largest absolute Gasteiger partial charge is 0.399 e. The molecule has 1 aliphatic rings. The van der Waals surface area contributed by atoms with Crippen molar-refractivity contribution in [3.8, 4) is 0 Å². The van der Waals surface area contributed by atoms with Gasteiger partial charge in [-0.3, -0.25) is 4.90 Å². The van der Waals surface area contributed by atoms with Crippen LogP contribution < -0.4 is 5.73 Å². The van der Waals surface area contributed by atoms with E-state index in [2.05, 4.69) is 30.9 Å². The summed E-state index contributed by atoms with van der Waals surface area (Å²) in [4.78, 5) is 2.66. The number of hydrogen-bond acceptors (Lipinski definition) is 2. The molecule has 2 rings (SSSR count). The van der Waals surface area contributed by atoms with E-state index in [-0.39, 0.29) is 0 Å². The van der Waals surface area contributed by atoms with Crippen LogP contribution in [0.15, 0.2) is 18.2 Å². The molecule has 0 amide bonds. The predicted octanol–water partition coefficient (Wildman–Crippen LogP) is 3.73. The Hall–Kier alpha value is -1.02. The number of nitrogens with zero attached hydrogens (tertiary/aromatic N) is 1. The molecule has 2 N–H and O–H groups in total. The van der Waals surface area contributed by atoms with Gasteiger partial charge in [0, 0.05) is 18.3 Å². The number of hydrogen-bond donors (Lipinski definition) is 1. The molecule has 100 valence electrons. The Bertz CT molecular complexity index is 385. The number of likely N-dealkylation sites (tertiary alicyclic amines) is 1. The van der Waals surface area contributed by atoms with Gasteiger partial charge >= 0.3 is 0 Å². The first kappa shape index (κ1) is 13.4. The van der Waals surface area contributed by atoms with Crippen LogP contribution in [0.5, 0.6) is 0 Å². The molecule has 1 aromatic rings. The van der Waals surface area contributed by atoms with Gasteiger partial charge in [0.05, 0.1) is 0 Å². The topological polar surface area (TPSA) is 29.3 Å². The molecule has 1 heterocycles. The van der Waals surface area contributed by atoms with Gasteiger partial charge in [-0.05, 0) is 49.9 Å². The first-order valence-electron chi connectivity index (χ1n) is 7.30. The number of nitrogen functional groups attached to an aromatic ring is 1. The first-order valence-corrected chi connectivity index (χ1v) is 7.30. The summed E-state index contributed by atoms with van der Waals surface area (Å²) in [6.07, 6.45) is 6.74. The number of rotatable bonds is 4. The molecule has 1 aliphatic heterocycles. The van der Waals surface area contributed by atoms with Crippen molar-refractivity contribution in [2.24, 2.45) is 0 Å². The van der Waals surface area contributed by atoms with Gasteiger partial charge in [-0.15, -0.1) is 0 Å². The van der Waals surface area contributed by atoms with Crippen LogP contribution in [-0.2, 0) is 6.54 Å². The highest BCUT2D eigenvalue weighted by Crippen LogP contribution is 2.25. The van der Waals surface area contributed by atoms with Gasteiger partial charge in [-0.1, -0.05) is 31.9 Å². The lowest BCUT2D eigenvalue weighted by Crippen LogP contribution is -2.38. The molecule has 2 nitrogen and oxygen atoms in total. The fraction of sp³-hybridized carbons (Fsp3) is 0.625. The maximum Gasteiger partial charge on any atom is 0.0346 e. The van der Waals surface area contributed by atoms with Crippen molar-refractivity contribution in [3.63, 3.8) is 0 Å². The van der Waals surface area contributed by atoms with Gasteiger partial charge in [0.2, 0.25) is 0 Å².